The van der Waals surface area contributed by atoms with Gasteiger partial charge in [-0.05, 0) is 24.7 Å². The maximum atomic E-state index is 12.0. The van der Waals surface area contributed by atoms with E-state index in [-0.39, 0.29) is 23.4 Å². The first-order valence-corrected chi connectivity index (χ1v) is 5.77. The summed E-state index contributed by atoms with van der Waals surface area (Å²) in [6, 6.07) is 0. The van der Waals surface area contributed by atoms with E-state index in [2.05, 4.69) is 6.92 Å². The van der Waals surface area contributed by atoms with Gasteiger partial charge in [0.1, 0.15) is 5.78 Å². The molecule has 0 bridgehead atoms. The quantitative estimate of drug-likeness (QED) is 0.644. The molecule has 1 N–H and O–H groups in total. The van der Waals surface area contributed by atoms with E-state index in [4.69, 9.17) is 0 Å². The molecule has 2 heteroatoms. The van der Waals surface area contributed by atoms with Crippen LogP contribution in [-0.2, 0) is 4.79 Å². The van der Waals surface area contributed by atoms with Crippen molar-refractivity contribution in [2.45, 2.75) is 52.1 Å². The van der Waals surface area contributed by atoms with Gasteiger partial charge in [-0.3, -0.25) is 4.79 Å². The Balaban J connectivity index is 2.27. The highest BCUT2D eigenvalue weighted by Crippen LogP contribution is 2.49. The number of Topliss-reactive ketones (excluding diaryl/α,β-unsaturated/α-hetero) is 1. The van der Waals surface area contributed by atoms with Gasteiger partial charge in [0, 0.05) is 11.8 Å². The van der Waals surface area contributed by atoms with Gasteiger partial charge in [0.2, 0.25) is 0 Å². The molecule has 0 amide bonds. The van der Waals surface area contributed by atoms with Crippen molar-refractivity contribution in [2.75, 3.05) is 0 Å². The molecule has 0 saturated heterocycles. The van der Waals surface area contributed by atoms with Crippen molar-refractivity contribution < 1.29 is 9.90 Å². The van der Waals surface area contributed by atoms with Crippen LogP contribution in [0.2, 0.25) is 0 Å². The highest BCUT2D eigenvalue weighted by Gasteiger charge is 2.50. The first-order chi connectivity index (χ1) is 6.55. The number of aliphatic hydroxyl groups excluding tert-OH is 1. The standard InChI is InChI=1S/C12H20O2/c1-8-7-10(13)12(2)6-4-3-5-9(12)11(8)14/h8-9,11,14H,3-7H2,1-2H3. The molecular weight excluding hydrogens is 176 g/mol. The lowest BCUT2D eigenvalue weighted by Gasteiger charge is -2.48. The number of hydrogen-bond acceptors (Lipinski definition) is 2. The Hall–Kier alpha value is -0.370. The number of ketones is 1. The average molecular weight is 196 g/mol. The number of carbonyl (C=O) groups excluding carboxylic acids is 1. The number of aliphatic hydroxyl groups is 1. The first kappa shape index (κ1) is 10.2. The van der Waals surface area contributed by atoms with Crippen molar-refractivity contribution in [2.24, 2.45) is 17.3 Å². The van der Waals surface area contributed by atoms with Gasteiger partial charge in [-0.1, -0.05) is 26.7 Å². The van der Waals surface area contributed by atoms with E-state index in [0.717, 1.165) is 19.3 Å². The Morgan fingerprint density at radius 1 is 1.43 bits per heavy atom. The minimum Gasteiger partial charge on any atom is -0.393 e. The van der Waals surface area contributed by atoms with Crippen LogP contribution in [0.5, 0.6) is 0 Å². The second-order valence-corrected chi connectivity index (χ2v) is 5.36. The van der Waals surface area contributed by atoms with Gasteiger partial charge in [-0.2, -0.15) is 0 Å². The smallest absolute Gasteiger partial charge is 0.139 e. The fourth-order valence-electron chi connectivity index (χ4n) is 3.30. The van der Waals surface area contributed by atoms with Crippen molar-refractivity contribution in [1.29, 1.82) is 0 Å². The first-order valence-electron chi connectivity index (χ1n) is 5.77. The van der Waals surface area contributed by atoms with Gasteiger partial charge >= 0.3 is 0 Å². The van der Waals surface area contributed by atoms with Crippen molar-refractivity contribution in [3.63, 3.8) is 0 Å². The monoisotopic (exact) mass is 196 g/mol. The zero-order chi connectivity index (χ0) is 10.3. The van der Waals surface area contributed by atoms with Crippen molar-refractivity contribution >= 4 is 5.78 Å². The third-order valence-corrected chi connectivity index (χ3v) is 4.42. The Kier molecular flexibility index (Phi) is 2.42. The second kappa shape index (κ2) is 3.34. The zero-order valence-corrected chi connectivity index (χ0v) is 9.12. The predicted molar refractivity (Wildman–Crippen MR) is 54.9 cm³/mol. The van der Waals surface area contributed by atoms with Gasteiger partial charge in [0.15, 0.2) is 0 Å². The maximum Gasteiger partial charge on any atom is 0.139 e. The van der Waals surface area contributed by atoms with Gasteiger partial charge in [-0.15, -0.1) is 0 Å². The Labute approximate surface area is 85.7 Å². The lowest BCUT2D eigenvalue weighted by Crippen LogP contribution is -2.51. The second-order valence-electron chi connectivity index (χ2n) is 5.36. The van der Waals surface area contributed by atoms with Crippen LogP contribution >= 0.6 is 0 Å². The summed E-state index contributed by atoms with van der Waals surface area (Å²) in [7, 11) is 0. The van der Waals surface area contributed by atoms with Crippen molar-refractivity contribution in [1.82, 2.24) is 0 Å². The van der Waals surface area contributed by atoms with Gasteiger partial charge in [-0.25, -0.2) is 0 Å². The van der Waals surface area contributed by atoms with Gasteiger partial charge < -0.3 is 5.11 Å². The molecule has 0 heterocycles. The Bertz CT molecular complexity index is 249. The molecule has 0 aromatic rings. The highest BCUT2D eigenvalue weighted by atomic mass is 16.3. The summed E-state index contributed by atoms with van der Waals surface area (Å²) >= 11 is 0. The van der Waals surface area contributed by atoms with E-state index in [1.165, 1.54) is 6.42 Å². The van der Waals surface area contributed by atoms with Gasteiger partial charge in [0.25, 0.3) is 0 Å². The summed E-state index contributed by atoms with van der Waals surface area (Å²) in [5.41, 5.74) is -0.204. The molecule has 0 aromatic heterocycles. The van der Waals surface area contributed by atoms with Crippen LogP contribution in [0.1, 0.15) is 46.0 Å². The third-order valence-electron chi connectivity index (χ3n) is 4.42. The van der Waals surface area contributed by atoms with Crippen LogP contribution < -0.4 is 0 Å². The molecular formula is C12H20O2. The maximum absolute atomic E-state index is 12.0. The van der Waals surface area contributed by atoms with E-state index in [1.54, 1.807) is 0 Å². The molecule has 80 valence electrons. The van der Waals surface area contributed by atoms with E-state index in [1.807, 2.05) is 6.92 Å². The van der Waals surface area contributed by atoms with E-state index >= 15 is 0 Å². The lowest BCUT2D eigenvalue weighted by molar-refractivity contribution is -0.149. The molecule has 4 unspecified atom stereocenters. The molecule has 0 aromatic carbocycles. The summed E-state index contributed by atoms with van der Waals surface area (Å²) in [4.78, 5) is 12.0. The number of rotatable bonds is 0. The van der Waals surface area contributed by atoms with Crippen molar-refractivity contribution in [3.05, 3.63) is 0 Å². The molecule has 14 heavy (non-hydrogen) atoms. The molecule has 0 radical (unpaired) electrons. The molecule has 4 atom stereocenters. The highest BCUT2D eigenvalue weighted by molar-refractivity contribution is 5.86. The molecule has 2 aliphatic carbocycles. The summed E-state index contributed by atoms with van der Waals surface area (Å²) in [5.74, 6) is 0.783. The number of carbonyl (C=O) groups is 1. The summed E-state index contributed by atoms with van der Waals surface area (Å²) in [6.07, 6.45) is 4.68. The molecule has 2 fully saturated rings. The SMILES string of the molecule is CC1CC(=O)C2(C)CCCCC2C1O. The summed E-state index contributed by atoms with van der Waals surface area (Å²) < 4.78 is 0. The molecule has 2 aliphatic rings. The minimum atomic E-state index is -0.252. The van der Waals surface area contributed by atoms with E-state index in [0.29, 0.717) is 12.2 Å². The fourth-order valence-corrected chi connectivity index (χ4v) is 3.30. The minimum absolute atomic E-state index is 0.165. The Morgan fingerprint density at radius 2 is 2.14 bits per heavy atom. The molecule has 2 saturated carbocycles. The van der Waals surface area contributed by atoms with Crippen LogP contribution in [0.15, 0.2) is 0 Å². The van der Waals surface area contributed by atoms with Crippen LogP contribution in [0.4, 0.5) is 0 Å². The molecule has 2 rings (SSSR count). The van der Waals surface area contributed by atoms with Crippen LogP contribution in [0.3, 0.4) is 0 Å². The average Bonchev–Trinajstić information content (AvgIpc) is 2.15. The van der Waals surface area contributed by atoms with Gasteiger partial charge in [0.05, 0.1) is 6.10 Å². The largest absolute Gasteiger partial charge is 0.393 e. The fraction of sp³-hybridized carbons (Fsp3) is 0.917. The summed E-state index contributed by atoms with van der Waals surface area (Å²) in [6.45, 7) is 4.06. The molecule has 0 spiro atoms. The predicted octanol–water partition coefficient (Wildman–Crippen LogP) is 2.15. The van der Waals surface area contributed by atoms with E-state index < -0.39 is 0 Å². The van der Waals surface area contributed by atoms with Crippen LogP contribution in [0.25, 0.3) is 0 Å². The molecule has 2 nitrogen and oxygen atoms in total. The van der Waals surface area contributed by atoms with E-state index in [9.17, 15) is 9.90 Å². The molecule has 0 aliphatic heterocycles. The topological polar surface area (TPSA) is 37.3 Å². The zero-order valence-electron chi connectivity index (χ0n) is 9.12. The number of hydrogen-bond donors (Lipinski definition) is 1. The van der Waals surface area contributed by atoms with Crippen molar-refractivity contribution in [3.8, 4) is 0 Å². The number of fused-ring (bicyclic) bond motifs is 1. The Morgan fingerprint density at radius 3 is 2.86 bits per heavy atom. The normalized spacial score (nSPS) is 48.8. The van der Waals surface area contributed by atoms with Crippen LogP contribution in [0, 0.1) is 17.3 Å². The van der Waals surface area contributed by atoms with Crippen LogP contribution in [-0.4, -0.2) is 17.0 Å². The lowest BCUT2D eigenvalue weighted by atomic mass is 9.57. The third kappa shape index (κ3) is 1.31. The summed E-state index contributed by atoms with van der Waals surface area (Å²) in [5, 5.41) is 10.1.